The van der Waals surface area contributed by atoms with Crippen molar-refractivity contribution in [3.63, 3.8) is 0 Å². The summed E-state index contributed by atoms with van der Waals surface area (Å²) in [5.41, 5.74) is 0. The van der Waals surface area contributed by atoms with Crippen molar-refractivity contribution in [3.05, 3.63) is 0 Å². The van der Waals surface area contributed by atoms with E-state index in [2.05, 4.69) is 37.9 Å². The summed E-state index contributed by atoms with van der Waals surface area (Å²) in [6.45, 7) is 13.9. The first kappa shape index (κ1) is 16.3. The molecule has 0 spiro atoms. The fraction of sp³-hybridized carbons (Fsp3) is 1.00. The minimum atomic E-state index is 0.518. The molecule has 1 N–H and O–H groups in total. The molecule has 2 saturated heterocycles. The van der Waals surface area contributed by atoms with Crippen LogP contribution in [0, 0.1) is 11.8 Å². The van der Waals surface area contributed by atoms with E-state index in [4.69, 9.17) is 4.74 Å². The summed E-state index contributed by atoms with van der Waals surface area (Å²) in [7, 11) is 0. The van der Waals surface area contributed by atoms with Crippen molar-refractivity contribution >= 4 is 0 Å². The Kier molecular flexibility index (Phi) is 6.31. The average Bonchev–Trinajstić information content (AvgIpc) is 2.45. The third kappa shape index (κ3) is 4.44. The molecule has 0 saturated carbocycles. The van der Waals surface area contributed by atoms with Crippen LogP contribution in [0.3, 0.4) is 0 Å². The van der Waals surface area contributed by atoms with Gasteiger partial charge in [-0.1, -0.05) is 27.7 Å². The van der Waals surface area contributed by atoms with Gasteiger partial charge in [0.25, 0.3) is 0 Å². The molecule has 2 aliphatic rings. The number of rotatable bonds is 5. The molecule has 0 amide bonds. The lowest BCUT2D eigenvalue weighted by molar-refractivity contribution is -0.00410. The summed E-state index contributed by atoms with van der Waals surface area (Å²) in [4.78, 5) is 2.73. The normalized spacial score (nSPS) is 33.0. The van der Waals surface area contributed by atoms with Crippen molar-refractivity contribution < 1.29 is 4.74 Å². The SMILES string of the molecule is CC(C)C1CN(CCC2CCCCO2)C(C(C)C)CN1. The predicted molar refractivity (Wildman–Crippen MR) is 85.0 cm³/mol. The van der Waals surface area contributed by atoms with Crippen LogP contribution >= 0.6 is 0 Å². The monoisotopic (exact) mass is 282 g/mol. The van der Waals surface area contributed by atoms with E-state index in [9.17, 15) is 0 Å². The molecule has 3 nitrogen and oxygen atoms in total. The van der Waals surface area contributed by atoms with Crippen LogP contribution in [-0.4, -0.2) is 49.3 Å². The van der Waals surface area contributed by atoms with Crippen molar-refractivity contribution in [2.24, 2.45) is 11.8 Å². The molecule has 0 radical (unpaired) electrons. The Bertz CT molecular complexity index is 274. The van der Waals surface area contributed by atoms with Crippen molar-refractivity contribution in [1.29, 1.82) is 0 Å². The Hall–Kier alpha value is -0.120. The van der Waals surface area contributed by atoms with Crippen molar-refractivity contribution in [2.45, 2.75) is 71.6 Å². The summed E-state index contributed by atoms with van der Waals surface area (Å²) in [5.74, 6) is 1.44. The molecular weight excluding hydrogens is 248 g/mol. The van der Waals surface area contributed by atoms with Gasteiger partial charge in [0.2, 0.25) is 0 Å². The average molecular weight is 282 g/mol. The maximum absolute atomic E-state index is 5.90. The van der Waals surface area contributed by atoms with Gasteiger partial charge in [0.05, 0.1) is 6.10 Å². The predicted octanol–water partition coefficient (Wildman–Crippen LogP) is 2.90. The zero-order valence-electron chi connectivity index (χ0n) is 13.9. The van der Waals surface area contributed by atoms with E-state index in [-0.39, 0.29) is 0 Å². The first-order valence-electron chi connectivity index (χ1n) is 8.67. The molecule has 2 rings (SSSR count). The number of ether oxygens (including phenoxy) is 1. The highest BCUT2D eigenvalue weighted by Crippen LogP contribution is 2.21. The van der Waals surface area contributed by atoms with Crippen LogP contribution in [0.1, 0.15) is 53.4 Å². The molecule has 3 atom stereocenters. The highest BCUT2D eigenvalue weighted by atomic mass is 16.5. The molecule has 3 unspecified atom stereocenters. The largest absolute Gasteiger partial charge is 0.378 e. The van der Waals surface area contributed by atoms with E-state index in [0.717, 1.165) is 25.0 Å². The van der Waals surface area contributed by atoms with Crippen LogP contribution < -0.4 is 5.32 Å². The zero-order valence-corrected chi connectivity index (χ0v) is 13.9. The Labute approximate surface area is 125 Å². The van der Waals surface area contributed by atoms with E-state index in [1.165, 1.54) is 38.8 Å². The van der Waals surface area contributed by atoms with Crippen LogP contribution in [0.25, 0.3) is 0 Å². The van der Waals surface area contributed by atoms with Gasteiger partial charge in [-0.2, -0.15) is 0 Å². The first-order chi connectivity index (χ1) is 9.58. The van der Waals surface area contributed by atoms with Crippen LogP contribution in [-0.2, 0) is 4.74 Å². The van der Waals surface area contributed by atoms with Gasteiger partial charge >= 0.3 is 0 Å². The summed E-state index contributed by atoms with van der Waals surface area (Å²) < 4.78 is 5.90. The van der Waals surface area contributed by atoms with E-state index in [1.54, 1.807) is 0 Å². The number of hydrogen-bond acceptors (Lipinski definition) is 3. The van der Waals surface area contributed by atoms with Crippen molar-refractivity contribution in [2.75, 3.05) is 26.2 Å². The molecule has 2 fully saturated rings. The van der Waals surface area contributed by atoms with Gasteiger partial charge in [-0.15, -0.1) is 0 Å². The van der Waals surface area contributed by atoms with Gasteiger partial charge in [-0.05, 0) is 37.5 Å². The molecule has 20 heavy (non-hydrogen) atoms. The second-order valence-corrected chi connectivity index (χ2v) is 7.34. The molecule has 0 aromatic rings. The lowest BCUT2D eigenvalue weighted by Crippen LogP contribution is -2.60. The Balaban J connectivity index is 1.85. The van der Waals surface area contributed by atoms with Crippen LogP contribution in [0.4, 0.5) is 0 Å². The highest BCUT2D eigenvalue weighted by molar-refractivity contribution is 4.89. The molecule has 0 aliphatic carbocycles. The summed E-state index contributed by atoms with van der Waals surface area (Å²) >= 11 is 0. The van der Waals surface area contributed by atoms with Crippen molar-refractivity contribution in [3.8, 4) is 0 Å². The molecule has 3 heteroatoms. The van der Waals surface area contributed by atoms with Gasteiger partial charge in [-0.25, -0.2) is 0 Å². The minimum Gasteiger partial charge on any atom is -0.378 e. The van der Waals surface area contributed by atoms with Crippen LogP contribution in [0.5, 0.6) is 0 Å². The Morgan fingerprint density at radius 2 is 1.95 bits per heavy atom. The van der Waals surface area contributed by atoms with E-state index in [0.29, 0.717) is 18.2 Å². The molecule has 2 heterocycles. The number of piperazine rings is 1. The van der Waals surface area contributed by atoms with Crippen molar-refractivity contribution in [1.82, 2.24) is 10.2 Å². The minimum absolute atomic E-state index is 0.518. The van der Waals surface area contributed by atoms with Crippen LogP contribution in [0.15, 0.2) is 0 Å². The molecule has 0 aromatic heterocycles. The van der Waals surface area contributed by atoms with Crippen LogP contribution in [0.2, 0.25) is 0 Å². The van der Waals surface area contributed by atoms with E-state index < -0.39 is 0 Å². The second-order valence-electron chi connectivity index (χ2n) is 7.34. The number of hydrogen-bond donors (Lipinski definition) is 1. The third-order valence-electron chi connectivity index (χ3n) is 5.08. The molecule has 118 valence electrons. The number of nitrogens with zero attached hydrogens (tertiary/aromatic N) is 1. The smallest absolute Gasteiger partial charge is 0.0587 e. The molecule has 0 aromatic carbocycles. The van der Waals surface area contributed by atoms with Gasteiger partial charge in [-0.3, -0.25) is 4.90 Å². The summed E-state index contributed by atoms with van der Waals surface area (Å²) in [6, 6.07) is 1.34. The highest BCUT2D eigenvalue weighted by Gasteiger charge is 2.31. The maximum atomic E-state index is 5.90. The lowest BCUT2D eigenvalue weighted by atomic mass is 9.93. The topological polar surface area (TPSA) is 24.5 Å². The van der Waals surface area contributed by atoms with Gasteiger partial charge < -0.3 is 10.1 Å². The van der Waals surface area contributed by atoms with E-state index >= 15 is 0 Å². The Morgan fingerprint density at radius 3 is 2.55 bits per heavy atom. The fourth-order valence-corrected chi connectivity index (χ4v) is 3.56. The maximum Gasteiger partial charge on any atom is 0.0587 e. The molecule has 0 bridgehead atoms. The first-order valence-corrected chi connectivity index (χ1v) is 8.67. The van der Waals surface area contributed by atoms with E-state index in [1.807, 2.05) is 0 Å². The van der Waals surface area contributed by atoms with Gasteiger partial charge in [0.15, 0.2) is 0 Å². The van der Waals surface area contributed by atoms with Gasteiger partial charge in [0, 0.05) is 38.3 Å². The quantitative estimate of drug-likeness (QED) is 0.839. The standard InChI is InChI=1S/C17H34N2O/c1-13(2)16-12-19(17(11-18-16)14(3)4)9-8-15-7-5-6-10-20-15/h13-18H,5-12H2,1-4H3. The second kappa shape index (κ2) is 7.77. The zero-order chi connectivity index (χ0) is 14.5. The lowest BCUT2D eigenvalue weighted by Gasteiger charge is -2.44. The molecule has 2 aliphatic heterocycles. The summed E-state index contributed by atoms with van der Waals surface area (Å²) in [5, 5.41) is 3.74. The molecular formula is C17H34N2O. The third-order valence-corrected chi connectivity index (χ3v) is 5.08. The number of nitrogens with one attached hydrogen (secondary N) is 1. The fourth-order valence-electron chi connectivity index (χ4n) is 3.56. The van der Waals surface area contributed by atoms with Gasteiger partial charge in [0.1, 0.15) is 0 Å². The summed E-state index contributed by atoms with van der Waals surface area (Å²) in [6.07, 6.45) is 5.62. The Morgan fingerprint density at radius 1 is 1.15 bits per heavy atom.